The average molecular weight is 819 g/mol. The van der Waals surface area contributed by atoms with Crippen LogP contribution in [-0.2, 0) is 5.41 Å². The molecule has 0 saturated heterocycles. The molecule has 1 aliphatic rings. The normalized spacial score (nSPS) is 12.7. The molecule has 0 radical (unpaired) electrons. The Morgan fingerprint density at radius 1 is 0.344 bits per heavy atom. The topological polar surface area (TPSA) is 43.6 Å². The Kier molecular flexibility index (Phi) is 8.80. The van der Waals surface area contributed by atoms with E-state index in [1.807, 2.05) is 6.07 Å². The van der Waals surface area contributed by atoms with E-state index in [2.05, 4.69) is 231 Å². The molecule has 0 spiro atoms. The smallest absolute Gasteiger partial charge is 0.238 e. The van der Waals surface area contributed by atoms with Crippen LogP contribution in [0.5, 0.6) is 0 Å². The Bertz CT molecular complexity index is 3530. The summed E-state index contributed by atoms with van der Waals surface area (Å²) in [5.74, 6) is 1.83. The Morgan fingerprint density at radius 2 is 0.797 bits per heavy atom. The van der Waals surface area contributed by atoms with Crippen molar-refractivity contribution in [1.82, 2.24) is 19.5 Å². The van der Waals surface area contributed by atoms with Crippen LogP contribution in [-0.4, -0.2) is 19.5 Å². The molecule has 0 amide bonds. The van der Waals surface area contributed by atoms with Gasteiger partial charge in [-0.15, -0.1) is 0 Å². The van der Waals surface area contributed by atoms with Crippen molar-refractivity contribution < 1.29 is 0 Å². The molecule has 2 aromatic heterocycles. The van der Waals surface area contributed by atoms with Crippen molar-refractivity contribution in [2.24, 2.45) is 0 Å². The second kappa shape index (κ2) is 15.0. The van der Waals surface area contributed by atoms with Crippen LogP contribution < -0.4 is 0 Å². The predicted molar refractivity (Wildman–Crippen MR) is 264 cm³/mol. The minimum absolute atomic E-state index is 0.246. The third kappa shape index (κ3) is 6.26. The first-order valence-corrected chi connectivity index (χ1v) is 21.9. The fourth-order valence-electron chi connectivity index (χ4n) is 9.86. The number of aromatic nitrogens is 4. The minimum Gasteiger partial charge on any atom is -0.277 e. The molecular weight excluding hydrogens is 777 g/mol. The lowest BCUT2D eigenvalue weighted by molar-refractivity contribution is 0.663. The van der Waals surface area contributed by atoms with Gasteiger partial charge in [-0.3, -0.25) is 4.57 Å². The van der Waals surface area contributed by atoms with Crippen LogP contribution in [0.2, 0.25) is 0 Å². The Hall–Kier alpha value is -8.21. The van der Waals surface area contributed by atoms with Crippen molar-refractivity contribution in [3.8, 4) is 84.4 Å². The summed E-state index contributed by atoms with van der Waals surface area (Å²) < 4.78 is 2.29. The summed E-state index contributed by atoms with van der Waals surface area (Å²) >= 11 is 0. The first kappa shape index (κ1) is 37.5. The highest BCUT2D eigenvalue weighted by molar-refractivity contribution is 6.13. The van der Waals surface area contributed by atoms with E-state index < -0.39 is 0 Å². The van der Waals surface area contributed by atoms with Crippen LogP contribution >= 0.6 is 0 Å². The van der Waals surface area contributed by atoms with Gasteiger partial charge >= 0.3 is 0 Å². The number of para-hydroxylation sites is 1. The van der Waals surface area contributed by atoms with Crippen LogP contribution in [0.4, 0.5) is 0 Å². The van der Waals surface area contributed by atoms with Crippen molar-refractivity contribution in [3.05, 3.63) is 230 Å². The SMILES string of the molecule is CC1(C)c2ccccc2-c2ccc3c4ccccc4n(-c4nc(-c5ccc(-c6ccccc6)cc5)nc(-c5ccc(-c6ccc(-c7cccc(-c8ccccc8)c7)cc6)cc5)n4)c3c21. The molecule has 0 fully saturated rings. The highest BCUT2D eigenvalue weighted by Gasteiger charge is 2.38. The van der Waals surface area contributed by atoms with E-state index >= 15 is 0 Å². The molecule has 0 N–H and O–H groups in total. The maximum atomic E-state index is 5.38. The van der Waals surface area contributed by atoms with Gasteiger partial charge in [-0.1, -0.05) is 220 Å². The fourth-order valence-corrected chi connectivity index (χ4v) is 9.86. The van der Waals surface area contributed by atoms with Crippen LogP contribution in [0, 0.1) is 0 Å². The van der Waals surface area contributed by atoms with E-state index in [-0.39, 0.29) is 5.41 Å². The zero-order valence-electron chi connectivity index (χ0n) is 35.6. The first-order valence-electron chi connectivity index (χ1n) is 21.9. The monoisotopic (exact) mass is 818 g/mol. The molecule has 11 aromatic rings. The zero-order chi connectivity index (χ0) is 42.8. The molecule has 2 heterocycles. The maximum Gasteiger partial charge on any atom is 0.238 e. The van der Waals surface area contributed by atoms with Gasteiger partial charge in [-0.25, -0.2) is 4.98 Å². The Balaban J connectivity index is 0.978. The van der Waals surface area contributed by atoms with Gasteiger partial charge in [0.1, 0.15) is 0 Å². The molecule has 64 heavy (non-hydrogen) atoms. The molecule has 9 aromatic carbocycles. The molecule has 0 aliphatic heterocycles. The van der Waals surface area contributed by atoms with Crippen molar-refractivity contribution in [2.45, 2.75) is 19.3 Å². The molecule has 0 bridgehead atoms. The molecule has 0 saturated carbocycles. The summed E-state index contributed by atoms with van der Waals surface area (Å²) in [5.41, 5.74) is 18.3. The van der Waals surface area contributed by atoms with Crippen molar-refractivity contribution in [1.29, 1.82) is 0 Å². The van der Waals surface area contributed by atoms with Gasteiger partial charge in [0, 0.05) is 27.3 Å². The second-order valence-corrected chi connectivity index (χ2v) is 17.2. The quantitative estimate of drug-likeness (QED) is 0.161. The third-order valence-corrected chi connectivity index (χ3v) is 13.1. The largest absolute Gasteiger partial charge is 0.277 e. The van der Waals surface area contributed by atoms with Crippen molar-refractivity contribution in [2.75, 3.05) is 0 Å². The number of benzene rings is 9. The summed E-state index contributed by atoms with van der Waals surface area (Å²) in [6, 6.07) is 77.8. The summed E-state index contributed by atoms with van der Waals surface area (Å²) in [7, 11) is 0. The van der Waals surface area contributed by atoms with E-state index in [1.165, 1.54) is 60.8 Å². The number of hydrogen-bond donors (Lipinski definition) is 0. The molecule has 302 valence electrons. The van der Waals surface area contributed by atoms with Crippen molar-refractivity contribution in [3.63, 3.8) is 0 Å². The third-order valence-electron chi connectivity index (χ3n) is 13.1. The van der Waals surface area contributed by atoms with Gasteiger partial charge in [0.2, 0.25) is 5.95 Å². The van der Waals surface area contributed by atoms with Gasteiger partial charge in [0.15, 0.2) is 11.6 Å². The Morgan fingerprint density at radius 3 is 1.39 bits per heavy atom. The van der Waals surface area contributed by atoms with Gasteiger partial charge in [0.05, 0.1) is 11.0 Å². The number of fused-ring (bicyclic) bond motifs is 7. The van der Waals surface area contributed by atoms with Crippen LogP contribution in [0.1, 0.15) is 25.0 Å². The van der Waals surface area contributed by atoms with Gasteiger partial charge < -0.3 is 0 Å². The molecule has 12 rings (SSSR count). The summed E-state index contributed by atoms with van der Waals surface area (Å²) in [6.07, 6.45) is 0. The van der Waals surface area contributed by atoms with Crippen molar-refractivity contribution >= 4 is 21.8 Å². The van der Waals surface area contributed by atoms with E-state index in [0.717, 1.165) is 38.9 Å². The number of rotatable bonds is 7. The second-order valence-electron chi connectivity index (χ2n) is 17.2. The Labute approximate surface area is 372 Å². The maximum absolute atomic E-state index is 5.38. The molecule has 0 atom stereocenters. The summed E-state index contributed by atoms with van der Waals surface area (Å²) in [4.78, 5) is 16.0. The van der Waals surface area contributed by atoms with Crippen LogP contribution in [0.25, 0.3) is 106 Å². The van der Waals surface area contributed by atoms with E-state index in [4.69, 9.17) is 15.0 Å². The zero-order valence-corrected chi connectivity index (χ0v) is 35.6. The van der Waals surface area contributed by atoms with Crippen LogP contribution in [0.15, 0.2) is 218 Å². The highest BCUT2D eigenvalue weighted by Crippen LogP contribution is 2.53. The summed E-state index contributed by atoms with van der Waals surface area (Å²) in [6.45, 7) is 4.69. The van der Waals surface area contributed by atoms with Crippen LogP contribution in [0.3, 0.4) is 0 Å². The molecular formula is C60H42N4. The highest BCUT2D eigenvalue weighted by atomic mass is 15.2. The predicted octanol–water partition coefficient (Wildman–Crippen LogP) is 15.3. The number of hydrogen-bond acceptors (Lipinski definition) is 3. The molecule has 0 unspecified atom stereocenters. The lowest BCUT2D eigenvalue weighted by Gasteiger charge is -2.23. The van der Waals surface area contributed by atoms with E-state index in [1.54, 1.807) is 0 Å². The molecule has 4 nitrogen and oxygen atoms in total. The molecule has 1 aliphatic carbocycles. The summed E-state index contributed by atoms with van der Waals surface area (Å²) in [5, 5.41) is 2.35. The lowest BCUT2D eigenvalue weighted by Crippen LogP contribution is -2.17. The number of nitrogens with zero attached hydrogens (tertiary/aromatic N) is 4. The van der Waals surface area contributed by atoms with E-state index in [9.17, 15) is 0 Å². The minimum atomic E-state index is -0.246. The van der Waals surface area contributed by atoms with Gasteiger partial charge in [-0.05, 0) is 78.9 Å². The average Bonchev–Trinajstić information content (AvgIpc) is 3.82. The fraction of sp³-hybridized carbons (Fsp3) is 0.0500. The first-order chi connectivity index (χ1) is 31.5. The molecule has 4 heteroatoms. The van der Waals surface area contributed by atoms with Gasteiger partial charge in [0.25, 0.3) is 0 Å². The van der Waals surface area contributed by atoms with E-state index in [0.29, 0.717) is 17.6 Å². The standard InChI is InChI=1S/C60H42N4/c1-60(2)53-22-11-9-20-49(53)51-36-37-52-50-21-10-12-23-54(50)64(56(52)55(51)60)59-62-57(45-32-28-41(29-33-45)39-14-5-3-6-15-39)61-58(63-59)46-34-30-43(31-35-46)42-24-26-44(27-25-42)48-19-13-18-47(38-48)40-16-7-4-8-17-40/h3-38H,1-2H3. The van der Waals surface area contributed by atoms with Gasteiger partial charge in [-0.2, -0.15) is 9.97 Å². The lowest BCUT2D eigenvalue weighted by atomic mass is 9.81.